The molecular weight excluding hydrogens is 532 g/mol. The third kappa shape index (κ3) is 4.68. The topological polar surface area (TPSA) is 113 Å². The smallest absolute Gasteiger partial charge is 0.263 e. The number of aromatic amines is 2. The van der Waals surface area contributed by atoms with Gasteiger partial charge in [-0.3, -0.25) is 14.9 Å². The molecule has 0 bridgehead atoms. The molecule has 0 amide bonds. The van der Waals surface area contributed by atoms with Crippen LogP contribution in [0.5, 0.6) is 0 Å². The number of fused-ring (bicyclic) bond motifs is 2. The Morgan fingerprint density at radius 2 is 1.76 bits per heavy atom. The Bertz CT molecular complexity index is 1630. The molecule has 214 valence electrons. The number of rotatable bonds is 6. The van der Waals surface area contributed by atoms with Gasteiger partial charge < -0.3 is 9.45 Å². The predicted molar refractivity (Wildman–Crippen MR) is 163 cm³/mol. The van der Waals surface area contributed by atoms with Crippen LogP contribution in [-0.2, 0) is 29.6 Å². The molecule has 1 saturated carbocycles. The quantitative estimate of drug-likeness (QED) is 0.286. The Labute approximate surface area is 243 Å². The van der Waals surface area contributed by atoms with Crippen LogP contribution in [0.2, 0.25) is 0 Å². The van der Waals surface area contributed by atoms with Crippen LogP contribution in [0, 0.1) is 5.41 Å². The van der Waals surface area contributed by atoms with Crippen LogP contribution >= 0.6 is 0 Å². The molecule has 2 aromatic carbocycles. The molecule has 1 saturated heterocycles. The summed E-state index contributed by atoms with van der Waals surface area (Å²) in [5.74, 6) is 0.596. The molecule has 8 nitrogen and oxygen atoms in total. The predicted octanol–water partition coefficient (Wildman–Crippen LogP) is 4.86. The minimum Gasteiger partial charge on any atom is -0.598 e. The standard InChI is InChI=1S/C32H38N6O2S/c1-30(2,3)41(40)37-25-23-12-8-7-11-22(23)20-32(25)15-17-38(18-16-32)29-33-27-24(28(39)34-29)26(35-36-27)31(13-14-31)19-21-9-5-4-6-10-21/h4-12,25,37H,13-20H2,1-3H3,(H2,33,34,35,36,39)/t25-,41?/m1/s1. The van der Waals surface area contributed by atoms with Gasteiger partial charge in [0, 0.05) is 35.3 Å². The fourth-order valence-electron chi connectivity index (χ4n) is 6.98. The fraction of sp³-hybridized carbons (Fsp3) is 0.469. The van der Waals surface area contributed by atoms with Gasteiger partial charge in [-0.25, -0.2) is 0 Å². The lowest BCUT2D eigenvalue weighted by Crippen LogP contribution is -2.50. The zero-order valence-corrected chi connectivity index (χ0v) is 24.8. The lowest BCUT2D eigenvalue weighted by molar-refractivity contribution is 0.175. The number of aromatic nitrogens is 4. The van der Waals surface area contributed by atoms with E-state index in [9.17, 15) is 9.35 Å². The van der Waals surface area contributed by atoms with Crippen molar-refractivity contribution < 1.29 is 4.55 Å². The third-order valence-electron chi connectivity index (χ3n) is 9.52. The molecule has 3 N–H and O–H groups in total. The van der Waals surface area contributed by atoms with Crippen LogP contribution in [-0.4, -0.2) is 42.6 Å². The monoisotopic (exact) mass is 570 g/mol. The molecule has 1 aliphatic heterocycles. The number of anilines is 1. The first-order valence-corrected chi connectivity index (χ1v) is 15.9. The molecule has 0 radical (unpaired) electrons. The molecule has 3 heterocycles. The summed E-state index contributed by atoms with van der Waals surface area (Å²) in [7, 11) is 0. The SMILES string of the molecule is CC(C)(C)[S+]([O-])N[C@@H]1c2ccccc2CC12CCN(c1nc3[nH]nc(C4(Cc5ccccc5)CC4)c3c(=O)[nH]1)CC2. The van der Waals surface area contributed by atoms with Gasteiger partial charge in [0.05, 0.1) is 11.7 Å². The molecule has 9 heteroatoms. The number of nitrogens with one attached hydrogen (secondary N) is 3. The first-order valence-electron chi connectivity index (χ1n) is 14.7. The van der Waals surface area contributed by atoms with E-state index < -0.39 is 11.4 Å². The number of hydrogen-bond donors (Lipinski definition) is 3. The minimum atomic E-state index is -1.17. The van der Waals surface area contributed by atoms with E-state index in [1.54, 1.807) is 0 Å². The van der Waals surface area contributed by atoms with Crippen LogP contribution in [0.25, 0.3) is 11.0 Å². The number of piperidine rings is 1. The van der Waals surface area contributed by atoms with Crippen molar-refractivity contribution in [2.75, 3.05) is 18.0 Å². The van der Waals surface area contributed by atoms with Gasteiger partial charge in [0.25, 0.3) is 5.56 Å². The van der Waals surface area contributed by atoms with Crippen LogP contribution in [0.3, 0.4) is 0 Å². The Morgan fingerprint density at radius 1 is 1.05 bits per heavy atom. The van der Waals surface area contributed by atoms with Crippen molar-refractivity contribution in [2.45, 2.75) is 75.5 Å². The van der Waals surface area contributed by atoms with E-state index in [-0.39, 0.29) is 27.2 Å². The van der Waals surface area contributed by atoms with E-state index >= 15 is 0 Å². The highest BCUT2D eigenvalue weighted by molar-refractivity contribution is 7.90. The Kier molecular flexibility index (Phi) is 6.33. The zero-order valence-electron chi connectivity index (χ0n) is 24.0. The van der Waals surface area contributed by atoms with Crippen molar-refractivity contribution in [3.05, 3.63) is 87.3 Å². The summed E-state index contributed by atoms with van der Waals surface area (Å²) >= 11 is -1.17. The Morgan fingerprint density at radius 3 is 2.46 bits per heavy atom. The van der Waals surface area contributed by atoms with Gasteiger partial charge >= 0.3 is 0 Å². The van der Waals surface area contributed by atoms with Crippen LogP contribution < -0.4 is 15.2 Å². The largest absolute Gasteiger partial charge is 0.598 e. The van der Waals surface area contributed by atoms with E-state index in [2.05, 4.69) is 73.3 Å². The average Bonchev–Trinajstić information content (AvgIpc) is 3.48. The van der Waals surface area contributed by atoms with E-state index in [0.717, 1.165) is 57.3 Å². The van der Waals surface area contributed by atoms with E-state index in [1.165, 1.54) is 16.7 Å². The maximum absolute atomic E-state index is 13.5. The second-order valence-corrected chi connectivity index (χ2v) is 15.3. The summed E-state index contributed by atoms with van der Waals surface area (Å²) in [5.41, 5.74) is 5.03. The highest BCUT2D eigenvalue weighted by atomic mass is 32.2. The zero-order chi connectivity index (χ0) is 28.4. The van der Waals surface area contributed by atoms with Gasteiger partial charge in [-0.2, -0.15) is 10.1 Å². The molecule has 2 atom stereocenters. The van der Waals surface area contributed by atoms with Crippen molar-refractivity contribution >= 4 is 28.3 Å². The average molecular weight is 571 g/mol. The summed E-state index contributed by atoms with van der Waals surface area (Å²) < 4.78 is 16.4. The maximum atomic E-state index is 13.5. The fourth-order valence-corrected chi connectivity index (χ4v) is 7.93. The van der Waals surface area contributed by atoms with E-state index in [1.807, 2.05) is 26.8 Å². The van der Waals surface area contributed by atoms with E-state index in [0.29, 0.717) is 17.0 Å². The summed E-state index contributed by atoms with van der Waals surface area (Å²) in [4.78, 5) is 23.7. The third-order valence-corrected chi connectivity index (χ3v) is 11.1. The molecule has 2 aromatic heterocycles. The first kappa shape index (κ1) is 26.7. The maximum Gasteiger partial charge on any atom is 0.263 e. The number of nitrogens with zero attached hydrogens (tertiary/aromatic N) is 3. The molecule has 2 aliphatic carbocycles. The Balaban J connectivity index is 1.13. The second kappa shape index (κ2) is 9.71. The van der Waals surface area contributed by atoms with Crippen LogP contribution in [0.15, 0.2) is 59.4 Å². The van der Waals surface area contributed by atoms with Crippen molar-refractivity contribution in [1.29, 1.82) is 0 Å². The van der Waals surface area contributed by atoms with Crippen molar-refractivity contribution in [2.24, 2.45) is 5.41 Å². The molecule has 1 spiro atoms. The van der Waals surface area contributed by atoms with Gasteiger partial charge in [-0.05, 0) is 76.0 Å². The number of H-pyrrole nitrogens is 2. The van der Waals surface area contributed by atoms with Crippen molar-refractivity contribution in [3.63, 3.8) is 0 Å². The molecule has 1 unspecified atom stereocenters. The Hall–Kier alpha value is -3.14. The summed E-state index contributed by atoms with van der Waals surface area (Å²) in [6.07, 6.45) is 5.71. The van der Waals surface area contributed by atoms with Gasteiger partial charge in [-0.1, -0.05) is 54.6 Å². The minimum absolute atomic E-state index is 0.0254. The normalized spacial score (nSPS) is 21.8. The van der Waals surface area contributed by atoms with Crippen molar-refractivity contribution in [3.8, 4) is 0 Å². The summed E-state index contributed by atoms with van der Waals surface area (Å²) in [6, 6.07) is 19.0. The highest BCUT2D eigenvalue weighted by Crippen LogP contribution is 2.53. The lowest BCUT2D eigenvalue weighted by atomic mass is 9.73. The van der Waals surface area contributed by atoms with Crippen LogP contribution in [0.4, 0.5) is 5.95 Å². The van der Waals surface area contributed by atoms with Crippen molar-refractivity contribution in [1.82, 2.24) is 24.9 Å². The highest BCUT2D eigenvalue weighted by Gasteiger charge is 2.51. The summed E-state index contributed by atoms with van der Waals surface area (Å²) in [5, 5.41) is 8.33. The molecule has 2 fully saturated rings. The molecule has 41 heavy (non-hydrogen) atoms. The first-order chi connectivity index (χ1) is 19.7. The van der Waals surface area contributed by atoms with E-state index in [4.69, 9.17) is 4.98 Å². The van der Waals surface area contributed by atoms with Crippen LogP contribution in [0.1, 0.15) is 74.9 Å². The lowest BCUT2D eigenvalue weighted by Gasteiger charge is -2.44. The molecule has 4 aromatic rings. The molecular formula is C32H38N6O2S. The number of hydrogen-bond acceptors (Lipinski definition) is 6. The van der Waals surface area contributed by atoms with Gasteiger partial charge in [0.15, 0.2) is 5.65 Å². The van der Waals surface area contributed by atoms with Gasteiger partial charge in [0.1, 0.15) is 10.1 Å². The van der Waals surface area contributed by atoms with Gasteiger partial charge in [0.2, 0.25) is 5.95 Å². The molecule has 7 rings (SSSR count). The second-order valence-electron chi connectivity index (χ2n) is 13.3. The number of benzene rings is 2. The van der Waals surface area contributed by atoms with Gasteiger partial charge in [-0.15, -0.1) is 4.72 Å². The molecule has 3 aliphatic rings. The summed E-state index contributed by atoms with van der Waals surface area (Å²) in [6.45, 7) is 7.57.